The fourth-order valence-corrected chi connectivity index (χ4v) is 2.09. The van der Waals surface area contributed by atoms with E-state index < -0.39 is 0 Å². The van der Waals surface area contributed by atoms with Gasteiger partial charge in [0, 0.05) is 7.05 Å². The zero-order valence-electron chi connectivity index (χ0n) is 9.14. The van der Waals surface area contributed by atoms with Gasteiger partial charge in [-0.1, -0.05) is 6.07 Å². The molecular weight excluding hydrogens is 224 g/mol. The molecule has 2 heterocycles. The number of hydrogen-bond acceptors (Lipinski definition) is 4. The van der Waals surface area contributed by atoms with Gasteiger partial charge in [0.2, 0.25) is 0 Å². The SMILES string of the molecule is CCOC(=O)c1cc(-c2cccs2)nn1C. The van der Waals surface area contributed by atoms with Gasteiger partial charge in [-0.15, -0.1) is 11.3 Å². The molecule has 0 aliphatic rings. The van der Waals surface area contributed by atoms with Crippen molar-refractivity contribution in [3.8, 4) is 10.6 Å². The number of carbonyl (C=O) groups is 1. The number of aryl methyl sites for hydroxylation is 1. The van der Waals surface area contributed by atoms with Crippen molar-refractivity contribution in [2.24, 2.45) is 7.05 Å². The number of ether oxygens (including phenoxy) is 1. The van der Waals surface area contributed by atoms with E-state index in [-0.39, 0.29) is 5.97 Å². The number of esters is 1. The maximum Gasteiger partial charge on any atom is 0.356 e. The molecule has 0 bridgehead atoms. The zero-order chi connectivity index (χ0) is 11.5. The lowest BCUT2D eigenvalue weighted by molar-refractivity contribution is 0.0513. The molecule has 5 heteroatoms. The van der Waals surface area contributed by atoms with E-state index in [9.17, 15) is 4.79 Å². The molecule has 2 aromatic heterocycles. The van der Waals surface area contributed by atoms with Crippen molar-refractivity contribution in [3.05, 3.63) is 29.3 Å². The number of aromatic nitrogens is 2. The van der Waals surface area contributed by atoms with Crippen LogP contribution in [0.1, 0.15) is 17.4 Å². The number of hydrogen-bond donors (Lipinski definition) is 0. The number of nitrogens with zero attached hydrogens (tertiary/aromatic N) is 2. The van der Waals surface area contributed by atoms with Crippen LogP contribution in [0.15, 0.2) is 23.6 Å². The minimum Gasteiger partial charge on any atom is -0.461 e. The highest BCUT2D eigenvalue weighted by Crippen LogP contribution is 2.23. The van der Waals surface area contributed by atoms with E-state index in [1.165, 1.54) is 0 Å². The first kappa shape index (κ1) is 10.9. The molecule has 2 aromatic rings. The monoisotopic (exact) mass is 236 g/mol. The molecule has 0 saturated carbocycles. The van der Waals surface area contributed by atoms with Crippen LogP contribution in [-0.4, -0.2) is 22.4 Å². The molecule has 0 unspecified atom stereocenters. The predicted molar refractivity (Wildman–Crippen MR) is 62.5 cm³/mol. The van der Waals surface area contributed by atoms with Crippen LogP contribution in [0.4, 0.5) is 0 Å². The molecule has 0 spiro atoms. The molecule has 0 amide bonds. The molecule has 0 aliphatic carbocycles. The largest absolute Gasteiger partial charge is 0.461 e. The van der Waals surface area contributed by atoms with Gasteiger partial charge in [0.1, 0.15) is 11.4 Å². The molecule has 84 valence electrons. The van der Waals surface area contributed by atoms with E-state index in [2.05, 4.69) is 5.10 Å². The summed E-state index contributed by atoms with van der Waals surface area (Å²) in [6.45, 7) is 2.16. The molecular formula is C11H12N2O2S. The summed E-state index contributed by atoms with van der Waals surface area (Å²) in [6, 6.07) is 5.68. The van der Waals surface area contributed by atoms with Crippen LogP contribution in [-0.2, 0) is 11.8 Å². The Kier molecular flexibility index (Phi) is 3.05. The maximum absolute atomic E-state index is 11.6. The highest BCUT2D eigenvalue weighted by Gasteiger charge is 2.15. The van der Waals surface area contributed by atoms with Crippen molar-refractivity contribution in [1.82, 2.24) is 9.78 Å². The van der Waals surface area contributed by atoms with Crippen LogP contribution in [0.2, 0.25) is 0 Å². The van der Waals surface area contributed by atoms with Crippen molar-refractivity contribution >= 4 is 17.3 Å². The van der Waals surface area contributed by atoms with Crippen molar-refractivity contribution in [1.29, 1.82) is 0 Å². The van der Waals surface area contributed by atoms with E-state index >= 15 is 0 Å². The smallest absolute Gasteiger partial charge is 0.356 e. The minimum atomic E-state index is -0.333. The Morgan fingerprint density at radius 1 is 1.62 bits per heavy atom. The Morgan fingerprint density at radius 2 is 2.44 bits per heavy atom. The Bertz CT molecular complexity index is 488. The summed E-state index contributed by atoms with van der Waals surface area (Å²) in [6.07, 6.45) is 0. The average molecular weight is 236 g/mol. The Morgan fingerprint density at radius 3 is 3.06 bits per heavy atom. The Balaban J connectivity index is 2.32. The molecule has 0 fully saturated rings. The van der Waals surface area contributed by atoms with Crippen LogP contribution in [0, 0.1) is 0 Å². The van der Waals surface area contributed by atoms with Crippen LogP contribution in [0.3, 0.4) is 0 Å². The molecule has 0 aromatic carbocycles. The molecule has 2 rings (SSSR count). The topological polar surface area (TPSA) is 44.1 Å². The second-order valence-corrected chi connectivity index (χ2v) is 4.18. The molecule has 0 N–H and O–H groups in total. The zero-order valence-corrected chi connectivity index (χ0v) is 9.95. The second-order valence-electron chi connectivity index (χ2n) is 3.24. The third-order valence-corrected chi connectivity index (χ3v) is 3.03. The van der Waals surface area contributed by atoms with Crippen LogP contribution in [0.5, 0.6) is 0 Å². The Labute approximate surface area is 97.5 Å². The van der Waals surface area contributed by atoms with Crippen molar-refractivity contribution in [2.45, 2.75) is 6.92 Å². The summed E-state index contributed by atoms with van der Waals surface area (Å²) >= 11 is 1.60. The minimum absolute atomic E-state index is 0.333. The van der Waals surface area contributed by atoms with Crippen LogP contribution in [0.25, 0.3) is 10.6 Å². The molecule has 0 aliphatic heterocycles. The number of carbonyl (C=O) groups excluding carboxylic acids is 1. The summed E-state index contributed by atoms with van der Waals surface area (Å²) < 4.78 is 6.49. The normalized spacial score (nSPS) is 10.4. The van der Waals surface area contributed by atoms with E-state index in [0.717, 1.165) is 10.6 Å². The lowest BCUT2D eigenvalue weighted by Crippen LogP contribution is -2.10. The van der Waals surface area contributed by atoms with Gasteiger partial charge in [-0.05, 0) is 24.4 Å². The molecule has 16 heavy (non-hydrogen) atoms. The van der Waals surface area contributed by atoms with E-state index in [4.69, 9.17) is 4.74 Å². The molecule has 0 saturated heterocycles. The van der Waals surface area contributed by atoms with Gasteiger partial charge >= 0.3 is 5.97 Å². The quantitative estimate of drug-likeness (QED) is 0.768. The summed E-state index contributed by atoms with van der Waals surface area (Å²) in [5.41, 5.74) is 1.28. The van der Waals surface area contributed by atoms with Crippen molar-refractivity contribution in [2.75, 3.05) is 6.61 Å². The Hall–Kier alpha value is -1.62. The van der Waals surface area contributed by atoms with Gasteiger partial charge in [-0.2, -0.15) is 5.10 Å². The van der Waals surface area contributed by atoms with E-state index in [1.54, 1.807) is 36.1 Å². The number of thiophene rings is 1. The first-order valence-corrected chi connectivity index (χ1v) is 5.85. The van der Waals surface area contributed by atoms with Gasteiger partial charge < -0.3 is 4.74 Å². The third kappa shape index (κ3) is 1.99. The van der Waals surface area contributed by atoms with Gasteiger partial charge in [0.25, 0.3) is 0 Å². The first-order valence-electron chi connectivity index (χ1n) is 4.97. The summed E-state index contributed by atoms with van der Waals surface area (Å²) in [4.78, 5) is 12.6. The highest BCUT2D eigenvalue weighted by molar-refractivity contribution is 7.13. The molecule has 0 radical (unpaired) electrons. The fraction of sp³-hybridized carbons (Fsp3) is 0.273. The fourth-order valence-electron chi connectivity index (χ4n) is 1.41. The summed E-state index contributed by atoms with van der Waals surface area (Å²) in [5.74, 6) is -0.333. The first-order chi connectivity index (χ1) is 7.72. The predicted octanol–water partition coefficient (Wildman–Crippen LogP) is 2.33. The summed E-state index contributed by atoms with van der Waals surface area (Å²) in [5, 5.41) is 6.26. The van der Waals surface area contributed by atoms with Crippen LogP contribution < -0.4 is 0 Å². The van der Waals surface area contributed by atoms with Crippen LogP contribution >= 0.6 is 11.3 Å². The summed E-state index contributed by atoms with van der Waals surface area (Å²) in [7, 11) is 1.74. The van der Waals surface area contributed by atoms with Crippen molar-refractivity contribution < 1.29 is 9.53 Å². The van der Waals surface area contributed by atoms with E-state index in [1.807, 2.05) is 17.5 Å². The average Bonchev–Trinajstić information content (AvgIpc) is 2.86. The standard InChI is InChI=1S/C11H12N2O2S/c1-3-15-11(14)9-7-8(12-13(9)2)10-5-4-6-16-10/h4-7H,3H2,1-2H3. The van der Waals surface area contributed by atoms with E-state index in [0.29, 0.717) is 12.3 Å². The third-order valence-electron chi connectivity index (χ3n) is 2.14. The van der Waals surface area contributed by atoms with Gasteiger partial charge in [0.15, 0.2) is 0 Å². The second kappa shape index (κ2) is 4.49. The lowest BCUT2D eigenvalue weighted by atomic mass is 10.3. The van der Waals surface area contributed by atoms with Gasteiger partial charge in [-0.25, -0.2) is 4.79 Å². The lowest BCUT2D eigenvalue weighted by Gasteiger charge is -1.99. The number of rotatable bonds is 3. The molecule has 0 atom stereocenters. The highest BCUT2D eigenvalue weighted by atomic mass is 32.1. The van der Waals surface area contributed by atoms with Crippen molar-refractivity contribution in [3.63, 3.8) is 0 Å². The maximum atomic E-state index is 11.6. The molecule has 4 nitrogen and oxygen atoms in total. The van der Waals surface area contributed by atoms with Gasteiger partial charge in [0.05, 0.1) is 11.5 Å². The van der Waals surface area contributed by atoms with Gasteiger partial charge in [-0.3, -0.25) is 4.68 Å².